The summed E-state index contributed by atoms with van der Waals surface area (Å²) in [6.07, 6.45) is 3.26. The number of halogens is 2. The molecule has 0 saturated heterocycles. The van der Waals surface area contributed by atoms with Gasteiger partial charge in [-0.3, -0.25) is 4.90 Å². The van der Waals surface area contributed by atoms with Crippen LogP contribution in [-0.4, -0.2) is 21.9 Å². The normalized spacial score (nSPS) is 12.5. The first-order valence-electron chi connectivity index (χ1n) is 7.55. The molecule has 124 valence electrons. The van der Waals surface area contributed by atoms with Crippen LogP contribution in [0.4, 0.5) is 4.39 Å². The lowest BCUT2D eigenvalue weighted by atomic mass is 10.1. The van der Waals surface area contributed by atoms with Gasteiger partial charge < -0.3 is 4.42 Å². The third-order valence-electron chi connectivity index (χ3n) is 3.96. The Morgan fingerprint density at radius 3 is 2.79 bits per heavy atom. The van der Waals surface area contributed by atoms with Gasteiger partial charge in [0.15, 0.2) is 0 Å². The highest BCUT2D eigenvalue weighted by Crippen LogP contribution is 2.28. The smallest absolute Gasteiger partial charge is 0.137 e. The predicted octanol–water partition coefficient (Wildman–Crippen LogP) is 4.72. The zero-order valence-electron chi connectivity index (χ0n) is 13.4. The monoisotopic (exact) mass is 345 g/mol. The van der Waals surface area contributed by atoms with Gasteiger partial charge in [-0.25, -0.2) is 14.4 Å². The lowest BCUT2D eigenvalue weighted by Crippen LogP contribution is -2.22. The largest absolute Gasteiger partial charge is 0.460 e. The Hall–Kier alpha value is -2.24. The number of hydrogen-bond donors (Lipinski definition) is 0. The summed E-state index contributed by atoms with van der Waals surface area (Å²) >= 11 is 5.78. The second-order valence-electron chi connectivity index (χ2n) is 5.62. The van der Waals surface area contributed by atoms with Gasteiger partial charge in [-0.1, -0.05) is 11.6 Å². The van der Waals surface area contributed by atoms with E-state index >= 15 is 0 Å². The standard InChI is InChI=1S/C18H17ClFN3O/c1-12(17-7-8-21-11-22-17)23(2)10-14-4-6-18(24-14)15-5-3-13(19)9-16(15)20/h3-9,11-12H,10H2,1-2H3/t12-/m1/s1. The molecule has 1 aromatic carbocycles. The highest BCUT2D eigenvalue weighted by molar-refractivity contribution is 6.30. The SMILES string of the molecule is C[C@H](c1ccncn1)N(C)Cc1ccc(-c2ccc(Cl)cc2F)o1. The number of hydrogen-bond acceptors (Lipinski definition) is 4. The molecule has 0 amide bonds. The first-order chi connectivity index (χ1) is 11.5. The molecule has 3 aromatic rings. The van der Waals surface area contributed by atoms with E-state index in [-0.39, 0.29) is 6.04 Å². The predicted molar refractivity (Wildman–Crippen MR) is 91.0 cm³/mol. The first-order valence-corrected chi connectivity index (χ1v) is 7.92. The van der Waals surface area contributed by atoms with E-state index in [0.717, 1.165) is 11.5 Å². The maximum atomic E-state index is 14.0. The molecule has 0 aliphatic rings. The van der Waals surface area contributed by atoms with Crippen molar-refractivity contribution in [3.8, 4) is 11.3 Å². The van der Waals surface area contributed by atoms with Gasteiger partial charge in [-0.15, -0.1) is 0 Å². The van der Waals surface area contributed by atoms with Crippen LogP contribution < -0.4 is 0 Å². The molecule has 0 aliphatic carbocycles. The van der Waals surface area contributed by atoms with E-state index in [1.54, 1.807) is 24.4 Å². The van der Waals surface area contributed by atoms with Gasteiger partial charge in [0.05, 0.1) is 17.8 Å². The summed E-state index contributed by atoms with van der Waals surface area (Å²) in [6, 6.07) is 10.2. The van der Waals surface area contributed by atoms with Crippen LogP contribution in [0.5, 0.6) is 0 Å². The Morgan fingerprint density at radius 1 is 1.25 bits per heavy atom. The maximum Gasteiger partial charge on any atom is 0.137 e. The van der Waals surface area contributed by atoms with Crippen LogP contribution in [0, 0.1) is 5.82 Å². The lowest BCUT2D eigenvalue weighted by Gasteiger charge is -2.22. The van der Waals surface area contributed by atoms with Crippen LogP contribution >= 0.6 is 11.6 Å². The van der Waals surface area contributed by atoms with Crippen molar-refractivity contribution < 1.29 is 8.81 Å². The molecule has 0 aliphatic heterocycles. The van der Waals surface area contributed by atoms with Crippen molar-refractivity contribution in [2.75, 3.05) is 7.05 Å². The van der Waals surface area contributed by atoms with Crippen LogP contribution in [0.1, 0.15) is 24.4 Å². The van der Waals surface area contributed by atoms with Crippen molar-refractivity contribution in [1.29, 1.82) is 0 Å². The average molecular weight is 346 g/mol. The highest BCUT2D eigenvalue weighted by Gasteiger charge is 2.16. The number of furan rings is 1. The van der Waals surface area contributed by atoms with Crippen molar-refractivity contribution >= 4 is 11.6 Å². The van der Waals surface area contributed by atoms with E-state index in [2.05, 4.69) is 21.8 Å². The van der Waals surface area contributed by atoms with Gasteiger partial charge in [0.25, 0.3) is 0 Å². The van der Waals surface area contributed by atoms with Crippen LogP contribution in [0.2, 0.25) is 5.02 Å². The highest BCUT2D eigenvalue weighted by atomic mass is 35.5. The molecule has 6 heteroatoms. The van der Waals surface area contributed by atoms with Crippen LogP contribution in [0.3, 0.4) is 0 Å². The molecule has 0 fully saturated rings. The molecular weight excluding hydrogens is 329 g/mol. The summed E-state index contributed by atoms with van der Waals surface area (Å²) in [7, 11) is 1.98. The minimum atomic E-state index is -0.397. The summed E-state index contributed by atoms with van der Waals surface area (Å²) < 4.78 is 19.8. The second-order valence-corrected chi connectivity index (χ2v) is 6.05. The zero-order chi connectivity index (χ0) is 17.1. The molecule has 0 spiro atoms. The van der Waals surface area contributed by atoms with Gasteiger partial charge in [-0.05, 0) is 50.4 Å². The summed E-state index contributed by atoms with van der Waals surface area (Å²) in [5, 5.41) is 0.362. The molecule has 0 N–H and O–H groups in total. The molecule has 0 radical (unpaired) electrons. The Morgan fingerprint density at radius 2 is 2.08 bits per heavy atom. The summed E-state index contributed by atoms with van der Waals surface area (Å²) in [6.45, 7) is 2.64. The fourth-order valence-corrected chi connectivity index (χ4v) is 2.61. The topological polar surface area (TPSA) is 42.2 Å². The lowest BCUT2D eigenvalue weighted by molar-refractivity contribution is 0.229. The van der Waals surface area contributed by atoms with E-state index < -0.39 is 5.82 Å². The average Bonchev–Trinajstić information content (AvgIpc) is 3.03. The van der Waals surface area contributed by atoms with Crippen molar-refractivity contribution in [3.05, 3.63) is 71.2 Å². The Balaban J connectivity index is 1.74. The quantitative estimate of drug-likeness (QED) is 0.671. The Kier molecular flexibility index (Phi) is 4.92. The number of nitrogens with zero attached hydrogens (tertiary/aromatic N) is 3. The van der Waals surface area contributed by atoms with Crippen LogP contribution in [-0.2, 0) is 6.54 Å². The number of benzene rings is 1. The third kappa shape index (κ3) is 3.63. The molecule has 2 aromatic heterocycles. The summed E-state index contributed by atoms with van der Waals surface area (Å²) in [4.78, 5) is 10.3. The Bertz CT molecular complexity index is 822. The molecule has 1 atom stereocenters. The van der Waals surface area contributed by atoms with Gasteiger partial charge in [0.2, 0.25) is 0 Å². The maximum absolute atomic E-state index is 14.0. The number of aromatic nitrogens is 2. The molecule has 0 bridgehead atoms. The van der Waals surface area contributed by atoms with Crippen LogP contribution in [0.15, 0.2) is 53.3 Å². The van der Waals surface area contributed by atoms with Crippen molar-refractivity contribution in [2.24, 2.45) is 0 Å². The van der Waals surface area contributed by atoms with Crippen molar-refractivity contribution in [1.82, 2.24) is 14.9 Å². The summed E-state index contributed by atoms with van der Waals surface area (Å²) in [5.41, 5.74) is 1.33. The first kappa shape index (κ1) is 16.6. The van der Waals surface area contributed by atoms with Crippen molar-refractivity contribution in [2.45, 2.75) is 19.5 Å². The van der Waals surface area contributed by atoms with Gasteiger partial charge in [-0.2, -0.15) is 0 Å². The molecule has 3 rings (SSSR count). The molecule has 0 unspecified atom stereocenters. The summed E-state index contributed by atoms with van der Waals surface area (Å²) in [5.74, 6) is 0.844. The van der Waals surface area contributed by atoms with Crippen molar-refractivity contribution in [3.63, 3.8) is 0 Å². The fraction of sp³-hybridized carbons (Fsp3) is 0.222. The van der Waals surface area contributed by atoms with Gasteiger partial charge in [0.1, 0.15) is 23.7 Å². The molecule has 4 nitrogen and oxygen atoms in total. The molecule has 0 saturated carbocycles. The van der Waals surface area contributed by atoms with E-state index in [1.165, 1.54) is 12.4 Å². The Labute approximate surface area is 144 Å². The minimum absolute atomic E-state index is 0.105. The van der Waals surface area contributed by atoms with E-state index in [1.807, 2.05) is 19.2 Å². The molecular formula is C18H17ClFN3O. The minimum Gasteiger partial charge on any atom is -0.460 e. The van der Waals surface area contributed by atoms with Crippen LogP contribution in [0.25, 0.3) is 11.3 Å². The van der Waals surface area contributed by atoms with E-state index in [0.29, 0.717) is 22.9 Å². The van der Waals surface area contributed by atoms with E-state index in [9.17, 15) is 4.39 Å². The van der Waals surface area contributed by atoms with Gasteiger partial charge in [0, 0.05) is 17.3 Å². The fourth-order valence-electron chi connectivity index (χ4n) is 2.45. The molecule has 2 heterocycles. The van der Waals surface area contributed by atoms with Gasteiger partial charge >= 0.3 is 0 Å². The molecule has 24 heavy (non-hydrogen) atoms. The van der Waals surface area contributed by atoms with E-state index in [4.69, 9.17) is 16.0 Å². The zero-order valence-corrected chi connectivity index (χ0v) is 14.2. The third-order valence-corrected chi connectivity index (χ3v) is 4.19. The second kappa shape index (κ2) is 7.11. The number of rotatable bonds is 5.